The van der Waals surface area contributed by atoms with Gasteiger partial charge in [0.1, 0.15) is 0 Å². The summed E-state index contributed by atoms with van der Waals surface area (Å²) in [6.45, 7) is 2.07. The highest BCUT2D eigenvalue weighted by atomic mass is 79.9. The van der Waals surface area contributed by atoms with Crippen LogP contribution in [0.2, 0.25) is 0 Å². The third-order valence-electron chi connectivity index (χ3n) is 2.33. The first-order valence-corrected chi connectivity index (χ1v) is 5.74. The molecular weight excluding hydrogens is 266 g/mol. The standard InChI is InChI=1S/C12H12BrN3/c1-9-3-5-11(6-4-9)16(2)12-14-7-10(13)8-15-12/h3-8H,1-2H3. The molecular formula is C12H12BrN3. The van der Waals surface area contributed by atoms with Crippen molar-refractivity contribution in [3.05, 3.63) is 46.7 Å². The third kappa shape index (κ3) is 2.39. The SMILES string of the molecule is Cc1ccc(N(C)c2ncc(Br)cn2)cc1. The van der Waals surface area contributed by atoms with Gasteiger partial charge >= 0.3 is 0 Å². The Labute approximate surface area is 103 Å². The highest BCUT2D eigenvalue weighted by Crippen LogP contribution is 2.20. The first-order chi connectivity index (χ1) is 7.66. The molecule has 3 nitrogen and oxygen atoms in total. The lowest BCUT2D eigenvalue weighted by Gasteiger charge is -2.16. The van der Waals surface area contributed by atoms with Crippen LogP contribution in [0.15, 0.2) is 41.1 Å². The molecule has 0 aliphatic heterocycles. The molecule has 2 rings (SSSR count). The van der Waals surface area contributed by atoms with Crippen molar-refractivity contribution < 1.29 is 0 Å². The molecule has 16 heavy (non-hydrogen) atoms. The highest BCUT2D eigenvalue weighted by molar-refractivity contribution is 9.10. The van der Waals surface area contributed by atoms with Crippen LogP contribution in [-0.4, -0.2) is 17.0 Å². The quantitative estimate of drug-likeness (QED) is 0.843. The molecule has 1 heterocycles. The maximum atomic E-state index is 4.24. The van der Waals surface area contributed by atoms with E-state index in [4.69, 9.17) is 0 Å². The number of benzene rings is 1. The van der Waals surface area contributed by atoms with Gasteiger partial charge in [-0.2, -0.15) is 0 Å². The van der Waals surface area contributed by atoms with Gasteiger partial charge in [0.05, 0.1) is 4.47 Å². The lowest BCUT2D eigenvalue weighted by Crippen LogP contribution is -2.12. The molecule has 2 aromatic rings. The molecule has 82 valence electrons. The number of aromatic nitrogens is 2. The number of hydrogen-bond donors (Lipinski definition) is 0. The van der Waals surface area contributed by atoms with E-state index < -0.39 is 0 Å². The predicted octanol–water partition coefficient (Wildman–Crippen LogP) is 3.32. The minimum Gasteiger partial charge on any atom is -0.314 e. The molecule has 0 bridgehead atoms. The van der Waals surface area contributed by atoms with E-state index in [1.54, 1.807) is 12.4 Å². The van der Waals surface area contributed by atoms with Crippen LogP contribution in [0.5, 0.6) is 0 Å². The smallest absolute Gasteiger partial charge is 0.229 e. The second-order valence-corrected chi connectivity index (χ2v) is 4.51. The Morgan fingerprint density at radius 1 is 1.06 bits per heavy atom. The maximum absolute atomic E-state index is 4.24. The van der Waals surface area contributed by atoms with Crippen molar-refractivity contribution in [2.45, 2.75) is 6.92 Å². The fourth-order valence-electron chi connectivity index (χ4n) is 1.36. The average Bonchev–Trinajstić information content (AvgIpc) is 2.30. The maximum Gasteiger partial charge on any atom is 0.229 e. The number of nitrogens with zero attached hydrogens (tertiary/aromatic N) is 3. The zero-order valence-corrected chi connectivity index (χ0v) is 10.8. The Bertz CT molecular complexity index is 419. The van der Waals surface area contributed by atoms with Crippen molar-refractivity contribution in [1.29, 1.82) is 0 Å². The van der Waals surface area contributed by atoms with Gasteiger partial charge < -0.3 is 4.90 Å². The molecule has 0 N–H and O–H groups in total. The largest absolute Gasteiger partial charge is 0.314 e. The van der Waals surface area contributed by atoms with Gasteiger partial charge in [-0.3, -0.25) is 0 Å². The molecule has 0 radical (unpaired) electrons. The van der Waals surface area contributed by atoms with Gasteiger partial charge in [0.2, 0.25) is 5.95 Å². The van der Waals surface area contributed by atoms with Crippen LogP contribution in [0, 0.1) is 6.92 Å². The molecule has 1 aromatic heterocycles. The van der Waals surface area contributed by atoms with Crippen LogP contribution in [0.25, 0.3) is 0 Å². The fourth-order valence-corrected chi connectivity index (χ4v) is 1.57. The summed E-state index contributed by atoms with van der Waals surface area (Å²) < 4.78 is 0.883. The Kier molecular flexibility index (Phi) is 3.19. The summed E-state index contributed by atoms with van der Waals surface area (Å²) in [4.78, 5) is 10.4. The molecule has 0 aliphatic rings. The molecule has 0 atom stereocenters. The van der Waals surface area contributed by atoms with Gasteiger partial charge in [0, 0.05) is 25.1 Å². The summed E-state index contributed by atoms with van der Waals surface area (Å²) in [5, 5.41) is 0. The first kappa shape index (κ1) is 11.1. The van der Waals surface area contributed by atoms with E-state index in [1.807, 2.05) is 11.9 Å². The van der Waals surface area contributed by atoms with E-state index in [0.717, 1.165) is 10.2 Å². The van der Waals surface area contributed by atoms with E-state index in [2.05, 4.69) is 57.1 Å². The van der Waals surface area contributed by atoms with Crippen molar-refractivity contribution in [3.63, 3.8) is 0 Å². The number of rotatable bonds is 2. The van der Waals surface area contributed by atoms with Crippen molar-refractivity contribution in [3.8, 4) is 0 Å². The van der Waals surface area contributed by atoms with E-state index >= 15 is 0 Å². The average molecular weight is 278 g/mol. The Hall–Kier alpha value is -1.42. The molecule has 4 heteroatoms. The van der Waals surface area contributed by atoms with E-state index in [0.29, 0.717) is 5.95 Å². The van der Waals surface area contributed by atoms with Gasteiger partial charge in [-0.05, 0) is 35.0 Å². The minimum atomic E-state index is 0.687. The molecule has 1 aromatic carbocycles. The zero-order valence-electron chi connectivity index (χ0n) is 9.18. The molecule has 0 saturated heterocycles. The van der Waals surface area contributed by atoms with E-state index in [-0.39, 0.29) is 0 Å². The lowest BCUT2D eigenvalue weighted by molar-refractivity contribution is 1.03. The number of anilines is 2. The normalized spacial score (nSPS) is 10.2. The minimum absolute atomic E-state index is 0.687. The van der Waals surface area contributed by atoms with Crippen molar-refractivity contribution in [2.24, 2.45) is 0 Å². The van der Waals surface area contributed by atoms with Crippen molar-refractivity contribution in [1.82, 2.24) is 9.97 Å². The number of halogens is 1. The number of hydrogen-bond acceptors (Lipinski definition) is 3. The van der Waals surface area contributed by atoms with Crippen LogP contribution in [-0.2, 0) is 0 Å². The second kappa shape index (κ2) is 4.61. The van der Waals surface area contributed by atoms with Crippen LogP contribution in [0.4, 0.5) is 11.6 Å². The molecule has 0 aliphatic carbocycles. The van der Waals surface area contributed by atoms with Crippen LogP contribution in [0.1, 0.15) is 5.56 Å². The molecule has 0 unspecified atom stereocenters. The zero-order chi connectivity index (χ0) is 11.5. The summed E-state index contributed by atoms with van der Waals surface area (Å²) in [5.41, 5.74) is 2.32. The van der Waals surface area contributed by atoms with Crippen LogP contribution >= 0.6 is 15.9 Å². The summed E-state index contributed by atoms with van der Waals surface area (Å²) in [6.07, 6.45) is 3.49. The van der Waals surface area contributed by atoms with Crippen LogP contribution in [0.3, 0.4) is 0 Å². The van der Waals surface area contributed by atoms with Crippen molar-refractivity contribution >= 4 is 27.6 Å². The summed E-state index contributed by atoms with van der Waals surface area (Å²) >= 11 is 3.32. The van der Waals surface area contributed by atoms with Gasteiger partial charge in [-0.1, -0.05) is 17.7 Å². The lowest BCUT2D eigenvalue weighted by atomic mass is 10.2. The number of aryl methyl sites for hydroxylation is 1. The van der Waals surface area contributed by atoms with Crippen LogP contribution < -0.4 is 4.90 Å². The van der Waals surface area contributed by atoms with Gasteiger partial charge in [0.25, 0.3) is 0 Å². The Morgan fingerprint density at radius 2 is 1.62 bits per heavy atom. The van der Waals surface area contributed by atoms with E-state index in [1.165, 1.54) is 5.56 Å². The van der Waals surface area contributed by atoms with Gasteiger partial charge in [-0.15, -0.1) is 0 Å². The van der Waals surface area contributed by atoms with E-state index in [9.17, 15) is 0 Å². The molecule has 0 spiro atoms. The summed E-state index contributed by atoms with van der Waals surface area (Å²) in [7, 11) is 1.95. The molecule has 0 fully saturated rings. The Balaban J connectivity index is 2.28. The highest BCUT2D eigenvalue weighted by Gasteiger charge is 2.05. The topological polar surface area (TPSA) is 29.0 Å². The third-order valence-corrected chi connectivity index (χ3v) is 2.74. The predicted molar refractivity (Wildman–Crippen MR) is 69.0 cm³/mol. The van der Waals surface area contributed by atoms with Gasteiger partial charge in [-0.25, -0.2) is 9.97 Å². The molecule has 0 saturated carbocycles. The first-order valence-electron chi connectivity index (χ1n) is 4.95. The second-order valence-electron chi connectivity index (χ2n) is 3.60. The fraction of sp³-hybridized carbons (Fsp3) is 0.167. The van der Waals surface area contributed by atoms with Gasteiger partial charge in [0.15, 0.2) is 0 Å². The summed E-state index contributed by atoms with van der Waals surface area (Å²) in [6, 6.07) is 8.26. The monoisotopic (exact) mass is 277 g/mol. The Morgan fingerprint density at radius 3 is 2.19 bits per heavy atom. The van der Waals surface area contributed by atoms with Crippen molar-refractivity contribution in [2.75, 3.05) is 11.9 Å². The molecule has 0 amide bonds. The summed E-state index contributed by atoms with van der Waals surface area (Å²) in [5.74, 6) is 0.687.